The zero-order chi connectivity index (χ0) is 21.6. The van der Waals surface area contributed by atoms with Gasteiger partial charge in [-0.05, 0) is 59.5 Å². The standard InChI is InChI=1S/C29H24N2O/c1-2-7-23(8-3-1)21-32-26-10-6-9-24(20-26)19-22-13-15-25(16-14-22)31-29-17-18-30-28-12-5-4-11-27(28)29/h1-18,20H,19,21H2,(H,30,31). The van der Waals surface area contributed by atoms with Gasteiger partial charge >= 0.3 is 0 Å². The highest BCUT2D eigenvalue weighted by atomic mass is 16.5. The van der Waals surface area contributed by atoms with Crippen LogP contribution >= 0.6 is 0 Å². The molecule has 3 nitrogen and oxygen atoms in total. The molecule has 5 rings (SSSR count). The highest BCUT2D eigenvalue weighted by Gasteiger charge is 2.04. The Morgan fingerprint density at radius 1 is 0.656 bits per heavy atom. The van der Waals surface area contributed by atoms with Crippen molar-refractivity contribution >= 4 is 22.3 Å². The topological polar surface area (TPSA) is 34.1 Å². The first-order valence-corrected chi connectivity index (χ1v) is 10.8. The minimum Gasteiger partial charge on any atom is -0.489 e. The maximum atomic E-state index is 5.98. The number of hydrogen-bond donors (Lipinski definition) is 1. The van der Waals surface area contributed by atoms with Gasteiger partial charge in [-0.15, -0.1) is 0 Å². The van der Waals surface area contributed by atoms with Crippen molar-refractivity contribution in [2.45, 2.75) is 13.0 Å². The number of aromatic nitrogens is 1. The second kappa shape index (κ2) is 9.36. The number of benzene rings is 4. The van der Waals surface area contributed by atoms with Crippen LogP contribution in [0.2, 0.25) is 0 Å². The second-order valence-corrected chi connectivity index (χ2v) is 7.80. The van der Waals surface area contributed by atoms with Gasteiger partial charge in [-0.2, -0.15) is 0 Å². The summed E-state index contributed by atoms with van der Waals surface area (Å²) in [6.45, 7) is 0.578. The van der Waals surface area contributed by atoms with Crippen LogP contribution in [-0.4, -0.2) is 4.98 Å². The fraction of sp³-hybridized carbons (Fsp3) is 0.0690. The summed E-state index contributed by atoms with van der Waals surface area (Å²) in [6, 6.07) is 37.3. The fourth-order valence-corrected chi connectivity index (χ4v) is 3.79. The van der Waals surface area contributed by atoms with E-state index in [1.165, 1.54) is 16.7 Å². The molecule has 0 atom stereocenters. The van der Waals surface area contributed by atoms with Gasteiger partial charge in [-0.3, -0.25) is 4.98 Å². The number of nitrogens with zero attached hydrogens (tertiary/aromatic N) is 1. The Kier molecular flexibility index (Phi) is 5.80. The Balaban J connectivity index is 1.25. The lowest BCUT2D eigenvalue weighted by Gasteiger charge is -2.11. The van der Waals surface area contributed by atoms with Gasteiger partial charge in [0.15, 0.2) is 0 Å². The summed E-state index contributed by atoms with van der Waals surface area (Å²) in [7, 11) is 0. The zero-order valence-corrected chi connectivity index (χ0v) is 17.7. The molecular formula is C29H24N2O. The summed E-state index contributed by atoms with van der Waals surface area (Å²) >= 11 is 0. The SMILES string of the molecule is c1ccc(COc2cccc(Cc3ccc(Nc4ccnc5ccccc45)cc3)c2)cc1. The van der Waals surface area contributed by atoms with Crippen LogP contribution < -0.4 is 10.1 Å². The first kappa shape index (κ1) is 19.8. The van der Waals surface area contributed by atoms with Gasteiger partial charge in [0.1, 0.15) is 12.4 Å². The number of ether oxygens (including phenoxy) is 1. The van der Waals surface area contributed by atoms with Crippen molar-refractivity contribution in [1.29, 1.82) is 0 Å². The van der Waals surface area contributed by atoms with E-state index in [1.807, 2.05) is 54.7 Å². The van der Waals surface area contributed by atoms with E-state index in [0.29, 0.717) is 6.61 Å². The first-order chi connectivity index (χ1) is 15.8. The number of para-hydroxylation sites is 1. The normalized spacial score (nSPS) is 10.8. The van der Waals surface area contributed by atoms with Gasteiger partial charge in [-0.1, -0.05) is 72.8 Å². The van der Waals surface area contributed by atoms with E-state index < -0.39 is 0 Å². The van der Waals surface area contributed by atoms with Crippen LogP contribution in [0.5, 0.6) is 5.75 Å². The molecule has 4 aromatic carbocycles. The number of fused-ring (bicyclic) bond motifs is 1. The molecule has 0 aliphatic rings. The van der Waals surface area contributed by atoms with Crippen molar-refractivity contribution in [2.75, 3.05) is 5.32 Å². The molecular weight excluding hydrogens is 392 g/mol. The van der Waals surface area contributed by atoms with Crippen molar-refractivity contribution in [2.24, 2.45) is 0 Å². The summed E-state index contributed by atoms with van der Waals surface area (Å²) in [4.78, 5) is 4.43. The Morgan fingerprint density at radius 3 is 2.31 bits per heavy atom. The smallest absolute Gasteiger partial charge is 0.120 e. The fourth-order valence-electron chi connectivity index (χ4n) is 3.79. The summed E-state index contributed by atoms with van der Waals surface area (Å²) in [5.74, 6) is 0.897. The molecule has 0 unspecified atom stereocenters. The molecule has 0 aliphatic heterocycles. The maximum Gasteiger partial charge on any atom is 0.120 e. The number of anilines is 2. The summed E-state index contributed by atoms with van der Waals surface area (Å²) in [5.41, 5.74) is 6.77. The predicted molar refractivity (Wildman–Crippen MR) is 131 cm³/mol. The van der Waals surface area contributed by atoms with E-state index >= 15 is 0 Å². The molecule has 0 spiro atoms. The van der Waals surface area contributed by atoms with Gasteiger partial charge in [0.25, 0.3) is 0 Å². The third-order valence-corrected chi connectivity index (χ3v) is 5.44. The lowest BCUT2D eigenvalue weighted by molar-refractivity contribution is 0.306. The van der Waals surface area contributed by atoms with Gasteiger partial charge in [0, 0.05) is 23.0 Å². The van der Waals surface area contributed by atoms with Crippen molar-refractivity contribution in [3.05, 3.63) is 132 Å². The van der Waals surface area contributed by atoms with E-state index in [0.717, 1.165) is 34.4 Å². The van der Waals surface area contributed by atoms with Gasteiger partial charge in [0.2, 0.25) is 0 Å². The molecule has 0 fully saturated rings. The first-order valence-electron chi connectivity index (χ1n) is 10.8. The van der Waals surface area contributed by atoms with Crippen molar-refractivity contribution in [3.63, 3.8) is 0 Å². The van der Waals surface area contributed by atoms with Crippen LogP contribution in [0.1, 0.15) is 16.7 Å². The van der Waals surface area contributed by atoms with E-state index in [1.54, 1.807) is 0 Å². The van der Waals surface area contributed by atoms with Gasteiger partial charge < -0.3 is 10.1 Å². The average Bonchev–Trinajstić information content (AvgIpc) is 2.85. The molecule has 0 amide bonds. The average molecular weight is 417 g/mol. The molecule has 0 bridgehead atoms. The number of nitrogens with one attached hydrogen (secondary N) is 1. The monoisotopic (exact) mass is 416 g/mol. The van der Waals surface area contributed by atoms with Crippen molar-refractivity contribution in [3.8, 4) is 5.75 Å². The summed E-state index contributed by atoms with van der Waals surface area (Å²) in [5, 5.41) is 4.64. The molecule has 1 heterocycles. The van der Waals surface area contributed by atoms with Crippen LogP contribution in [-0.2, 0) is 13.0 Å². The van der Waals surface area contributed by atoms with Crippen LogP contribution in [0.15, 0.2) is 115 Å². The largest absolute Gasteiger partial charge is 0.489 e. The maximum absolute atomic E-state index is 5.98. The Hall–Kier alpha value is -4.11. The van der Waals surface area contributed by atoms with Crippen molar-refractivity contribution < 1.29 is 4.74 Å². The molecule has 3 heteroatoms. The number of rotatable bonds is 7. The van der Waals surface area contributed by atoms with E-state index in [4.69, 9.17) is 4.74 Å². The number of pyridine rings is 1. The Bertz CT molecular complexity index is 1310. The quantitative estimate of drug-likeness (QED) is 0.306. The van der Waals surface area contributed by atoms with Gasteiger partial charge in [0.05, 0.1) is 5.52 Å². The molecule has 0 radical (unpaired) electrons. The minimum atomic E-state index is 0.578. The van der Waals surface area contributed by atoms with E-state index in [-0.39, 0.29) is 0 Å². The second-order valence-electron chi connectivity index (χ2n) is 7.80. The predicted octanol–water partition coefficient (Wildman–Crippen LogP) is 7.15. The third-order valence-electron chi connectivity index (χ3n) is 5.44. The minimum absolute atomic E-state index is 0.578. The van der Waals surface area contributed by atoms with Crippen LogP contribution in [0.4, 0.5) is 11.4 Å². The lowest BCUT2D eigenvalue weighted by Crippen LogP contribution is -1.96. The molecule has 0 aliphatic carbocycles. The Labute approximate surface area is 188 Å². The highest BCUT2D eigenvalue weighted by Crippen LogP contribution is 2.25. The molecule has 1 aromatic heterocycles. The zero-order valence-electron chi connectivity index (χ0n) is 17.7. The van der Waals surface area contributed by atoms with Crippen molar-refractivity contribution in [1.82, 2.24) is 4.98 Å². The molecule has 0 saturated heterocycles. The molecule has 156 valence electrons. The van der Waals surface area contributed by atoms with Gasteiger partial charge in [-0.25, -0.2) is 0 Å². The molecule has 32 heavy (non-hydrogen) atoms. The van der Waals surface area contributed by atoms with Crippen LogP contribution in [0.3, 0.4) is 0 Å². The third kappa shape index (κ3) is 4.79. The lowest BCUT2D eigenvalue weighted by atomic mass is 10.0. The molecule has 1 N–H and O–H groups in total. The van der Waals surface area contributed by atoms with Crippen LogP contribution in [0, 0.1) is 0 Å². The number of hydrogen-bond acceptors (Lipinski definition) is 3. The van der Waals surface area contributed by atoms with E-state index in [9.17, 15) is 0 Å². The highest BCUT2D eigenvalue weighted by molar-refractivity contribution is 5.92. The summed E-state index contributed by atoms with van der Waals surface area (Å²) < 4.78 is 5.98. The molecule has 5 aromatic rings. The van der Waals surface area contributed by atoms with Crippen LogP contribution in [0.25, 0.3) is 10.9 Å². The molecule has 0 saturated carbocycles. The Morgan fingerprint density at radius 2 is 1.44 bits per heavy atom. The van der Waals surface area contributed by atoms with E-state index in [2.05, 4.69) is 71.0 Å². The summed E-state index contributed by atoms with van der Waals surface area (Å²) in [6.07, 6.45) is 2.70.